The number of methoxy groups -OCH3 is 1. The van der Waals surface area contributed by atoms with Crippen molar-refractivity contribution in [3.63, 3.8) is 0 Å². The number of piperidine rings is 1. The Morgan fingerprint density at radius 1 is 1.17 bits per heavy atom. The molecule has 6 nitrogen and oxygen atoms in total. The molecule has 2 aromatic carbocycles. The molecule has 2 aromatic rings. The second-order valence-electron chi connectivity index (χ2n) is 6.79. The highest BCUT2D eigenvalue weighted by Crippen LogP contribution is 2.31. The van der Waals surface area contributed by atoms with E-state index in [1.165, 1.54) is 35.7 Å². The molecule has 0 atom stereocenters. The van der Waals surface area contributed by atoms with E-state index in [0.29, 0.717) is 18.8 Å². The smallest absolute Gasteiger partial charge is 0.246 e. The van der Waals surface area contributed by atoms with Crippen LogP contribution in [0.25, 0.3) is 0 Å². The van der Waals surface area contributed by atoms with E-state index in [1.807, 2.05) is 0 Å². The standard InChI is InChI=1S/C20H22ClFN2O4S/c1-28-18-8-7-16(13-19(18)29(26,27)24-9-3-2-4-10-24)23-20(25)11-14-5-6-15(21)12-17(14)22/h5-8,12-13H,2-4,9-11H2,1H3,(H,23,25). The largest absolute Gasteiger partial charge is 0.495 e. The SMILES string of the molecule is COc1ccc(NC(=O)Cc2ccc(Cl)cc2F)cc1S(=O)(=O)N1CCCCC1. The average Bonchev–Trinajstić information content (AvgIpc) is 2.70. The van der Waals surface area contributed by atoms with E-state index in [1.54, 1.807) is 6.07 Å². The highest BCUT2D eigenvalue weighted by molar-refractivity contribution is 7.89. The van der Waals surface area contributed by atoms with E-state index in [9.17, 15) is 17.6 Å². The number of hydrogen-bond donors (Lipinski definition) is 1. The van der Waals surface area contributed by atoms with Gasteiger partial charge >= 0.3 is 0 Å². The van der Waals surface area contributed by atoms with Crippen molar-refractivity contribution < 1.29 is 22.3 Å². The Labute approximate surface area is 174 Å². The van der Waals surface area contributed by atoms with Gasteiger partial charge in [-0.15, -0.1) is 0 Å². The summed E-state index contributed by atoms with van der Waals surface area (Å²) in [6.07, 6.45) is 2.42. The van der Waals surface area contributed by atoms with Crippen LogP contribution in [0.2, 0.25) is 5.02 Å². The average molecular weight is 441 g/mol. The molecule has 1 saturated heterocycles. The minimum absolute atomic E-state index is 0.00243. The summed E-state index contributed by atoms with van der Waals surface area (Å²) in [7, 11) is -2.36. The fourth-order valence-electron chi connectivity index (χ4n) is 3.24. The number of halogens is 2. The first kappa shape index (κ1) is 21.5. The minimum atomic E-state index is -3.75. The molecule has 3 rings (SSSR count). The van der Waals surface area contributed by atoms with Crippen LogP contribution in [0.5, 0.6) is 5.75 Å². The molecule has 1 fully saturated rings. The van der Waals surface area contributed by atoms with E-state index < -0.39 is 21.7 Å². The van der Waals surface area contributed by atoms with Gasteiger partial charge in [0.1, 0.15) is 16.5 Å². The van der Waals surface area contributed by atoms with Crippen LogP contribution in [0.1, 0.15) is 24.8 Å². The zero-order valence-corrected chi connectivity index (χ0v) is 17.5. The summed E-state index contributed by atoms with van der Waals surface area (Å²) in [6, 6.07) is 8.50. The van der Waals surface area contributed by atoms with Gasteiger partial charge in [0, 0.05) is 23.8 Å². The predicted octanol–water partition coefficient (Wildman–Crippen LogP) is 3.84. The Hall–Kier alpha value is -2.16. The summed E-state index contributed by atoms with van der Waals surface area (Å²) in [6.45, 7) is 0.913. The van der Waals surface area contributed by atoms with Crippen LogP contribution < -0.4 is 10.1 Å². The van der Waals surface area contributed by atoms with Gasteiger partial charge in [0.25, 0.3) is 0 Å². The molecule has 9 heteroatoms. The molecule has 0 radical (unpaired) electrons. The van der Waals surface area contributed by atoms with Gasteiger partial charge in [0.2, 0.25) is 15.9 Å². The number of carbonyl (C=O) groups excluding carboxylic acids is 1. The molecular weight excluding hydrogens is 419 g/mol. The van der Waals surface area contributed by atoms with Crippen molar-refractivity contribution in [3.05, 3.63) is 52.8 Å². The fraction of sp³-hybridized carbons (Fsp3) is 0.350. The van der Waals surface area contributed by atoms with Gasteiger partial charge in [-0.25, -0.2) is 12.8 Å². The lowest BCUT2D eigenvalue weighted by atomic mass is 10.1. The van der Waals surface area contributed by atoms with Crippen LogP contribution in [-0.2, 0) is 21.2 Å². The number of anilines is 1. The van der Waals surface area contributed by atoms with Crippen molar-refractivity contribution in [2.45, 2.75) is 30.6 Å². The highest BCUT2D eigenvalue weighted by Gasteiger charge is 2.29. The topological polar surface area (TPSA) is 75.7 Å². The lowest BCUT2D eigenvalue weighted by molar-refractivity contribution is -0.115. The maximum absolute atomic E-state index is 13.9. The number of nitrogens with one attached hydrogen (secondary N) is 1. The third-order valence-corrected chi connectivity index (χ3v) is 6.90. The zero-order valence-electron chi connectivity index (χ0n) is 16.0. The summed E-state index contributed by atoms with van der Waals surface area (Å²) in [4.78, 5) is 12.3. The molecule has 156 valence electrons. The van der Waals surface area contributed by atoms with Crippen molar-refractivity contribution >= 4 is 33.2 Å². The number of sulfonamides is 1. The Kier molecular flexibility index (Phi) is 6.77. The molecule has 0 bridgehead atoms. The molecule has 0 aromatic heterocycles. The number of carbonyl (C=O) groups is 1. The Morgan fingerprint density at radius 3 is 2.55 bits per heavy atom. The van der Waals surface area contributed by atoms with E-state index in [-0.39, 0.29) is 27.7 Å². The Bertz CT molecular complexity index is 1010. The molecule has 0 unspecified atom stereocenters. The quantitative estimate of drug-likeness (QED) is 0.740. The number of ether oxygens (including phenoxy) is 1. The number of amides is 1. The Morgan fingerprint density at radius 2 is 1.90 bits per heavy atom. The molecule has 1 heterocycles. The lowest BCUT2D eigenvalue weighted by Gasteiger charge is -2.26. The van der Waals surface area contributed by atoms with Gasteiger partial charge in [-0.05, 0) is 48.7 Å². The number of benzene rings is 2. The summed E-state index contributed by atoms with van der Waals surface area (Å²) < 4.78 is 46.7. The first-order valence-corrected chi connectivity index (χ1v) is 11.0. The summed E-state index contributed by atoms with van der Waals surface area (Å²) >= 11 is 5.72. The number of rotatable bonds is 6. The molecule has 0 spiro atoms. The summed E-state index contributed by atoms with van der Waals surface area (Å²) in [5, 5.41) is 2.87. The monoisotopic (exact) mass is 440 g/mol. The van der Waals surface area contributed by atoms with Crippen LogP contribution in [0.4, 0.5) is 10.1 Å². The second kappa shape index (κ2) is 9.11. The molecule has 0 saturated carbocycles. The van der Waals surface area contributed by atoms with Crippen molar-refractivity contribution in [1.82, 2.24) is 4.31 Å². The molecular formula is C20H22ClFN2O4S. The van der Waals surface area contributed by atoms with E-state index in [0.717, 1.165) is 25.3 Å². The van der Waals surface area contributed by atoms with E-state index in [4.69, 9.17) is 16.3 Å². The van der Waals surface area contributed by atoms with Gasteiger partial charge in [-0.2, -0.15) is 4.31 Å². The highest BCUT2D eigenvalue weighted by atomic mass is 35.5. The molecule has 0 aliphatic carbocycles. The third-order valence-electron chi connectivity index (χ3n) is 4.75. The van der Waals surface area contributed by atoms with Crippen molar-refractivity contribution in [1.29, 1.82) is 0 Å². The van der Waals surface area contributed by atoms with Gasteiger partial charge in [0.05, 0.1) is 13.5 Å². The maximum atomic E-state index is 13.9. The molecule has 1 N–H and O–H groups in total. The first-order chi connectivity index (χ1) is 13.8. The first-order valence-electron chi connectivity index (χ1n) is 9.23. The predicted molar refractivity (Wildman–Crippen MR) is 109 cm³/mol. The summed E-state index contributed by atoms with van der Waals surface area (Å²) in [5.41, 5.74) is 0.488. The number of nitrogens with zero attached hydrogens (tertiary/aromatic N) is 1. The fourth-order valence-corrected chi connectivity index (χ4v) is 5.10. The van der Waals surface area contributed by atoms with Crippen LogP contribution in [0.15, 0.2) is 41.3 Å². The molecule has 1 aliphatic rings. The third kappa shape index (κ3) is 5.07. The van der Waals surface area contributed by atoms with Gasteiger partial charge in [-0.1, -0.05) is 24.1 Å². The van der Waals surface area contributed by atoms with Crippen molar-refractivity contribution in [3.8, 4) is 5.75 Å². The van der Waals surface area contributed by atoms with Crippen LogP contribution in [0, 0.1) is 5.82 Å². The molecule has 29 heavy (non-hydrogen) atoms. The van der Waals surface area contributed by atoms with Crippen LogP contribution >= 0.6 is 11.6 Å². The lowest BCUT2D eigenvalue weighted by Crippen LogP contribution is -2.35. The maximum Gasteiger partial charge on any atom is 0.246 e. The Balaban J connectivity index is 1.81. The van der Waals surface area contributed by atoms with Crippen LogP contribution in [0.3, 0.4) is 0 Å². The van der Waals surface area contributed by atoms with E-state index >= 15 is 0 Å². The van der Waals surface area contributed by atoms with Gasteiger partial charge in [0.15, 0.2) is 0 Å². The normalized spacial score (nSPS) is 15.1. The van der Waals surface area contributed by atoms with Crippen molar-refractivity contribution in [2.75, 3.05) is 25.5 Å². The van der Waals surface area contributed by atoms with Crippen molar-refractivity contribution in [2.24, 2.45) is 0 Å². The minimum Gasteiger partial charge on any atom is -0.495 e. The van der Waals surface area contributed by atoms with E-state index in [2.05, 4.69) is 5.32 Å². The van der Waals surface area contributed by atoms with Gasteiger partial charge < -0.3 is 10.1 Å². The zero-order chi connectivity index (χ0) is 21.0. The second-order valence-corrected chi connectivity index (χ2v) is 9.13. The molecule has 1 aliphatic heterocycles. The molecule has 1 amide bonds. The van der Waals surface area contributed by atoms with Crippen LogP contribution in [-0.4, -0.2) is 38.8 Å². The van der Waals surface area contributed by atoms with Gasteiger partial charge in [-0.3, -0.25) is 4.79 Å². The number of hydrogen-bond acceptors (Lipinski definition) is 4. The summed E-state index contributed by atoms with van der Waals surface area (Å²) in [5.74, 6) is -0.842.